The van der Waals surface area contributed by atoms with Gasteiger partial charge in [0.1, 0.15) is 0 Å². The first-order valence-corrected chi connectivity index (χ1v) is 6.34. The van der Waals surface area contributed by atoms with Crippen molar-refractivity contribution in [3.8, 4) is 0 Å². The van der Waals surface area contributed by atoms with Crippen molar-refractivity contribution in [2.24, 2.45) is 0 Å². The van der Waals surface area contributed by atoms with Gasteiger partial charge in [-0.2, -0.15) is 0 Å². The molecule has 1 unspecified atom stereocenters. The first-order chi connectivity index (χ1) is 9.50. The number of nitrogens with zero attached hydrogens (tertiary/aromatic N) is 2. The van der Waals surface area contributed by atoms with Gasteiger partial charge in [0.2, 0.25) is 5.91 Å². The van der Waals surface area contributed by atoms with Gasteiger partial charge in [-0.25, -0.2) is 4.90 Å². The van der Waals surface area contributed by atoms with Crippen LogP contribution in [0.5, 0.6) is 0 Å². The lowest BCUT2D eigenvalue weighted by Gasteiger charge is -2.22. The molecule has 20 heavy (non-hydrogen) atoms. The Morgan fingerprint density at radius 2 is 2.00 bits per heavy atom. The lowest BCUT2D eigenvalue weighted by Crippen LogP contribution is -2.40. The van der Waals surface area contributed by atoms with Gasteiger partial charge >= 0.3 is 5.97 Å². The Morgan fingerprint density at radius 1 is 1.35 bits per heavy atom. The Kier molecular flexibility index (Phi) is 4.14. The Morgan fingerprint density at radius 3 is 2.60 bits per heavy atom. The van der Waals surface area contributed by atoms with Crippen LogP contribution in [0.3, 0.4) is 0 Å². The van der Waals surface area contributed by atoms with Crippen LogP contribution in [0.15, 0.2) is 30.3 Å². The second-order valence-corrected chi connectivity index (χ2v) is 4.75. The highest BCUT2D eigenvalue weighted by atomic mass is 16.4. The van der Waals surface area contributed by atoms with Gasteiger partial charge in [0.25, 0.3) is 5.91 Å². The van der Waals surface area contributed by atoms with E-state index in [-0.39, 0.29) is 31.2 Å². The van der Waals surface area contributed by atoms with E-state index in [0.29, 0.717) is 5.69 Å². The minimum Gasteiger partial charge on any atom is -0.481 e. The number of rotatable bonds is 5. The highest BCUT2D eigenvalue weighted by molar-refractivity contribution is 6.22. The molecule has 6 heteroatoms. The van der Waals surface area contributed by atoms with Crippen LogP contribution in [-0.4, -0.2) is 47.4 Å². The van der Waals surface area contributed by atoms with E-state index >= 15 is 0 Å². The summed E-state index contributed by atoms with van der Waals surface area (Å²) in [6, 6.07) is 8.16. The third-order valence-electron chi connectivity index (χ3n) is 3.35. The average Bonchev–Trinajstić information content (AvgIpc) is 2.72. The summed E-state index contributed by atoms with van der Waals surface area (Å²) in [6.45, 7) is 0.238. The molecule has 2 amide bonds. The number of imide groups is 1. The predicted octanol–water partition coefficient (Wildman–Crippen LogP) is 0.725. The first kappa shape index (κ1) is 14.2. The third kappa shape index (κ3) is 2.85. The topological polar surface area (TPSA) is 77.9 Å². The first-order valence-electron chi connectivity index (χ1n) is 6.34. The maximum Gasteiger partial charge on any atom is 0.304 e. The molecule has 0 radical (unpaired) electrons. The van der Waals surface area contributed by atoms with Gasteiger partial charge in [-0.15, -0.1) is 0 Å². The number of anilines is 1. The quantitative estimate of drug-likeness (QED) is 0.802. The summed E-state index contributed by atoms with van der Waals surface area (Å²) in [4.78, 5) is 37.7. The van der Waals surface area contributed by atoms with Gasteiger partial charge in [0.05, 0.1) is 24.6 Å². The van der Waals surface area contributed by atoms with Gasteiger partial charge in [-0.05, 0) is 19.2 Å². The van der Waals surface area contributed by atoms with Crippen LogP contribution in [0.2, 0.25) is 0 Å². The number of benzene rings is 1. The lowest BCUT2D eigenvalue weighted by atomic mass is 10.2. The van der Waals surface area contributed by atoms with E-state index in [1.807, 2.05) is 6.07 Å². The SMILES string of the molecule is CN(CCC(=O)O)C1CC(=O)N(c2ccccc2)C1=O. The van der Waals surface area contributed by atoms with Gasteiger partial charge < -0.3 is 5.11 Å². The molecule has 0 spiro atoms. The number of carbonyl (C=O) groups excluding carboxylic acids is 2. The van der Waals surface area contributed by atoms with Gasteiger partial charge in [0, 0.05) is 6.54 Å². The van der Waals surface area contributed by atoms with Crippen LogP contribution in [-0.2, 0) is 14.4 Å². The number of hydrogen-bond acceptors (Lipinski definition) is 4. The summed E-state index contributed by atoms with van der Waals surface area (Å²) < 4.78 is 0. The summed E-state index contributed by atoms with van der Waals surface area (Å²) in [6.07, 6.45) is 0.0314. The molecule has 1 aromatic rings. The second-order valence-electron chi connectivity index (χ2n) is 4.75. The number of amides is 2. The molecule has 106 valence electrons. The van der Waals surface area contributed by atoms with Crippen LogP contribution in [0, 0.1) is 0 Å². The number of carboxylic acid groups (broad SMARTS) is 1. The molecular weight excluding hydrogens is 260 g/mol. The van der Waals surface area contributed by atoms with E-state index in [9.17, 15) is 14.4 Å². The van der Waals surface area contributed by atoms with Crippen LogP contribution in [0.4, 0.5) is 5.69 Å². The molecule has 2 rings (SSSR count). The maximum absolute atomic E-state index is 12.3. The zero-order valence-electron chi connectivity index (χ0n) is 11.2. The van der Waals surface area contributed by atoms with Gasteiger partial charge in [-0.1, -0.05) is 18.2 Å². The van der Waals surface area contributed by atoms with E-state index in [2.05, 4.69) is 0 Å². The molecule has 1 N–H and O–H groups in total. The monoisotopic (exact) mass is 276 g/mol. The van der Waals surface area contributed by atoms with Crippen molar-refractivity contribution in [1.82, 2.24) is 4.90 Å². The molecule has 1 aromatic carbocycles. The largest absolute Gasteiger partial charge is 0.481 e. The maximum atomic E-state index is 12.3. The molecule has 1 atom stereocenters. The Balaban J connectivity index is 2.11. The molecule has 0 aromatic heterocycles. The van der Waals surface area contributed by atoms with Crippen LogP contribution in [0.1, 0.15) is 12.8 Å². The molecule has 0 saturated carbocycles. The lowest BCUT2D eigenvalue weighted by molar-refractivity contribution is -0.137. The van der Waals surface area contributed by atoms with Gasteiger partial charge in [-0.3, -0.25) is 19.3 Å². The van der Waals surface area contributed by atoms with Crippen molar-refractivity contribution in [2.45, 2.75) is 18.9 Å². The molecule has 0 bridgehead atoms. The fraction of sp³-hybridized carbons (Fsp3) is 0.357. The van der Waals surface area contributed by atoms with Crippen molar-refractivity contribution >= 4 is 23.5 Å². The van der Waals surface area contributed by atoms with Crippen molar-refractivity contribution < 1.29 is 19.5 Å². The van der Waals surface area contributed by atoms with Crippen molar-refractivity contribution in [3.63, 3.8) is 0 Å². The predicted molar refractivity (Wildman–Crippen MR) is 72.2 cm³/mol. The van der Waals surface area contributed by atoms with Crippen LogP contribution in [0.25, 0.3) is 0 Å². The number of likely N-dealkylation sites (N-methyl/N-ethyl adjacent to an activating group) is 1. The normalized spacial score (nSPS) is 18.9. The Bertz CT molecular complexity index is 529. The zero-order chi connectivity index (χ0) is 14.7. The molecule has 1 saturated heterocycles. The summed E-state index contributed by atoms with van der Waals surface area (Å²) in [5, 5.41) is 8.66. The number of carboxylic acids is 1. The summed E-state index contributed by atoms with van der Waals surface area (Å²) in [5.41, 5.74) is 0.552. The Hall–Kier alpha value is -2.21. The molecule has 6 nitrogen and oxygen atoms in total. The highest BCUT2D eigenvalue weighted by Crippen LogP contribution is 2.24. The number of para-hydroxylation sites is 1. The molecule has 0 aliphatic carbocycles. The molecule has 1 heterocycles. The van der Waals surface area contributed by atoms with E-state index in [0.717, 1.165) is 0 Å². The summed E-state index contributed by atoms with van der Waals surface area (Å²) in [5.74, 6) is -1.48. The molecule has 1 fully saturated rings. The second kappa shape index (κ2) is 5.83. The van der Waals surface area contributed by atoms with E-state index in [1.54, 1.807) is 36.2 Å². The minimum absolute atomic E-state index is 0.0557. The standard InChI is InChI=1S/C14H16N2O4/c1-15(8-7-13(18)19)11-9-12(17)16(14(11)20)10-5-3-2-4-6-10/h2-6,11H,7-9H2,1H3,(H,18,19). The molecular formula is C14H16N2O4. The third-order valence-corrected chi connectivity index (χ3v) is 3.35. The zero-order valence-corrected chi connectivity index (χ0v) is 11.2. The number of aliphatic carboxylic acids is 1. The van der Waals surface area contributed by atoms with Crippen LogP contribution < -0.4 is 4.90 Å². The Labute approximate surface area is 116 Å². The highest BCUT2D eigenvalue weighted by Gasteiger charge is 2.41. The van der Waals surface area contributed by atoms with Crippen molar-refractivity contribution in [1.29, 1.82) is 0 Å². The van der Waals surface area contributed by atoms with E-state index < -0.39 is 12.0 Å². The van der Waals surface area contributed by atoms with Crippen molar-refractivity contribution in [2.75, 3.05) is 18.5 Å². The summed E-state index contributed by atoms with van der Waals surface area (Å²) in [7, 11) is 1.66. The minimum atomic E-state index is -0.923. The van der Waals surface area contributed by atoms with E-state index in [1.165, 1.54) is 4.90 Å². The summed E-state index contributed by atoms with van der Waals surface area (Å²) >= 11 is 0. The van der Waals surface area contributed by atoms with Crippen molar-refractivity contribution in [3.05, 3.63) is 30.3 Å². The number of hydrogen-bond donors (Lipinski definition) is 1. The average molecular weight is 276 g/mol. The van der Waals surface area contributed by atoms with Crippen LogP contribution >= 0.6 is 0 Å². The molecule has 1 aliphatic rings. The fourth-order valence-corrected chi connectivity index (χ4v) is 2.24. The van der Waals surface area contributed by atoms with Gasteiger partial charge in [0.15, 0.2) is 0 Å². The smallest absolute Gasteiger partial charge is 0.304 e. The number of carbonyl (C=O) groups is 3. The van der Waals surface area contributed by atoms with E-state index in [4.69, 9.17) is 5.11 Å². The fourth-order valence-electron chi connectivity index (χ4n) is 2.24. The molecule has 1 aliphatic heterocycles.